The lowest BCUT2D eigenvalue weighted by molar-refractivity contribution is -0.148. The van der Waals surface area contributed by atoms with E-state index in [1.165, 1.54) is 7.05 Å². The van der Waals surface area contributed by atoms with E-state index in [1.807, 2.05) is 20.8 Å². The number of barbiturate groups is 1. The van der Waals surface area contributed by atoms with Gasteiger partial charge >= 0.3 is 6.03 Å². The lowest BCUT2D eigenvalue weighted by atomic mass is 9.72. The molecule has 0 aliphatic carbocycles. The van der Waals surface area contributed by atoms with Gasteiger partial charge in [0.2, 0.25) is 11.8 Å². The molecule has 100 valence electrons. The third-order valence-electron chi connectivity index (χ3n) is 3.48. The maximum absolute atomic E-state index is 12.4. The van der Waals surface area contributed by atoms with E-state index >= 15 is 0 Å². The molecular weight excluding hydrogens is 232 g/mol. The number of nitrogens with one attached hydrogen (secondary N) is 1. The van der Waals surface area contributed by atoms with Gasteiger partial charge in [0, 0.05) is 7.05 Å². The Morgan fingerprint density at radius 3 is 2.39 bits per heavy atom. The Morgan fingerprint density at radius 1 is 1.33 bits per heavy atom. The minimum absolute atomic E-state index is 0.419. The third-order valence-corrected chi connectivity index (χ3v) is 3.48. The molecule has 5 heteroatoms. The molecule has 0 aromatic carbocycles. The highest BCUT2D eigenvalue weighted by molar-refractivity contribution is 6.20. The second-order valence-corrected chi connectivity index (χ2v) is 4.45. The van der Waals surface area contributed by atoms with Crippen molar-refractivity contribution in [1.82, 2.24) is 10.2 Å². The van der Waals surface area contributed by atoms with Crippen molar-refractivity contribution in [3.63, 3.8) is 0 Å². The number of nitrogens with zero attached hydrogens (tertiary/aromatic N) is 1. The van der Waals surface area contributed by atoms with Crippen molar-refractivity contribution < 1.29 is 14.4 Å². The fourth-order valence-corrected chi connectivity index (χ4v) is 2.55. The zero-order valence-electron chi connectivity index (χ0n) is 11.4. The zero-order valence-corrected chi connectivity index (χ0v) is 11.4. The summed E-state index contributed by atoms with van der Waals surface area (Å²) in [6.45, 7) is 5.64. The number of rotatable bonds is 4. The molecule has 1 fully saturated rings. The first-order chi connectivity index (χ1) is 8.45. The molecule has 1 atom stereocenters. The standard InChI is InChI=1S/C13H20N2O3/c1-5-8-13(9(6-2)7-3)10(16)14-12(18)15(4)11(13)17/h6H,5,7-8H2,1-4H3,(H,14,16,18)/b9-6-/t13-/m1/s1. The summed E-state index contributed by atoms with van der Waals surface area (Å²) in [7, 11) is 1.40. The maximum Gasteiger partial charge on any atom is 0.330 e. The van der Waals surface area contributed by atoms with E-state index in [4.69, 9.17) is 0 Å². The Morgan fingerprint density at radius 2 is 1.94 bits per heavy atom. The maximum atomic E-state index is 12.4. The van der Waals surface area contributed by atoms with Gasteiger partial charge < -0.3 is 0 Å². The molecular formula is C13H20N2O3. The SMILES string of the molecule is C/C=C(/CC)[C@]1(CCC)C(=O)NC(=O)N(C)C1=O. The third kappa shape index (κ3) is 1.94. The predicted molar refractivity (Wildman–Crippen MR) is 67.7 cm³/mol. The summed E-state index contributed by atoms with van der Waals surface area (Å²) in [4.78, 5) is 37.1. The molecule has 0 saturated carbocycles. The van der Waals surface area contributed by atoms with Crippen molar-refractivity contribution in [2.75, 3.05) is 7.05 Å². The van der Waals surface area contributed by atoms with Crippen molar-refractivity contribution in [2.45, 2.75) is 40.0 Å². The van der Waals surface area contributed by atoms with Gasteiger partial charge in [-0.25, -0.2) is 4.79 Å². The summed E-state index contributed by atoms with van der Waals surface area (Å²) in [5, 5.41) is 2.27. The van der Waals surface area contributed by atoms with E-state index in [1.54, 1.807) is 6.08 Å². The van der Waals surface area contributed by atoms with Crippen LogP contribution in [-0.2, 0) is 9.59 Å². The van der Waals surface area contributed by atoms with Crippen LogP contribution in [0.3, 0.4) is 0 Å². The molecule has 4 amide bonds. The van der Waals surface area contributed by atoms with Crippen LogP contribution in [0.15, 0.2) is 11.6 Å². The first-order valence-electron chi connectivity index (χ1n) is 6.24. The summed E-state index contributed by atoms with van der Waals surface area (Å²) in [6, 6.07) is -0.650. The van der Waals surface area contributed by atoms with Gasteiger partial charge in [0.05, 0.1) is 0 Å². The lowest BCUT2D eigenvalue weighted by Crippen LogP contribution is -2.63. The van der Waals surface area contributed by atoms with E-state index in [0.717, 1.165) is 10.5 Å². The van der Waals surface area contributed by atoms with Gasteiger partial charge in [0.25, 0.3) is 0 Å². The van der Waals surface area contributed by atoms with Crippen molar-refractivity contribution in [3.05, 3.63) is 11.6 Å². The van der Waals surface area contributed by atoms with Crippen LogP contribution in [0, 0.1) is 5.41 Å². The van der Waals surface area contributed by atoms with Crippen LogP contribution in [0.25, 0.3) is 0 Å². The number of imide groups is 2. The fraction of sp³-hybridized carbons (Fsp3) is 0.615. The molecule has 18 heavy (non-hydrogen) atoms. The van der Waals surface area contributed by atoms with Gasteiger partial charge in [0.15, 0.2) is 0 Å². The topological polar surface area (TPSA) is 66.5 Å². The summed E-state index contributed by atoms with van der Waals surface area (Å²) in [5.41, 5.74) is -0.438. The Kier molecular flexibility index (Phi) is 4.27. The van der Waals surface area contributed by atoms with E-state index in [2.05, 4.69) is 5.32 Å². The van der Waals surface area contributed by atoms with Crippen molar-refractivity contribution in [3.8, 4) is 0 Å². The summed E-state index contributed by atoms with van der Waals surface area (Å²) < 4.78 is 0. The average Bonchev–Trinajstić information content (AvgIpc) is 2.35. The smallest absolute Gasteiger partial charge is 0.276 e. The largest absolute Gasteiger partial charge is 0.330 e. The highest BCUT2D eigenvalue weighted by atomic mass is 16.2. The minimum Gasteiger partial charge on any atom is -0.276 e. The number of urea groups is 1. The van der Waals surface area contributed by atoms with Crippen LogP contribution in [-0.4, -0.2) is 29.8 Å². The quantitative estimate of drug-likeness (QED) is 0.613. The van der Waals surface area contributed by atoms with E-state index in [-0.39, 0.29) is 0 Å². The second-order valence-electron chi connectivity index (χ2n) is 4.45. The van der Waals surface area contributed by atoms with E-state index < -0.39 is 23.3 Å². The molecule has 1 heterocycles. The molecule has 0 radical (unpaired) electrons. The summed E-state index contributed by atoms with van der Waals surface area (Å²) in [6.07, 6.45) is 3.52. The Hall–Kier alpha value is -1.65. The molecule has 0 bridgehead atoms. The van der Waals surface area contributed by atoms with E-state index in [0.29, 0.717) is 19.3 Å². The minimum atomic E-state index is -1.21. The second kappa shape index (κ2) is 5.33. The lowest BCUT2D eigenvalue weighted by Gasteiger charge is -2.39. The number of hydrogen-bond donors (Lipinski definition) is 1. The fourth-order valence-electron chi connectivity index (χ4n) is 2.55. The Labute approximate surface area is 107 Å². The van der Waals surface area contributed by atoms with Crippen LogP contribution in [0.2, 0.25) is 0 Å². The molecule has 0 aromatic heterocycles. The highest BCUT2D eigenvalue weighted by Gasteiger charge is 2.53. The van der Waals surface area contributed by atoms with Crippen molar-refractivity contribution in [1.29, 1.82) is 0 Å². The Balaban J connectivity index is 3.36. The van der Waals surface area contributed by atoms with Gasteiger partial charge in [-0.15, -0.1) is 0 Å². The number of allylic oxidation sites excluding steroid dienone is 1. The van der Waals surface area contributed by atoms with Gasteiger partial charge in [-0.05, 0) is 25.3 Å². The number of amides is 4. The summed E-state index contributed by atoms with van der Waals surface area (Å²) in [5.74, 6) is -0.916. The Bertz CT molecular complexity index is 414. The zero-order chi connectivity index (χ0) is 13.9. The number of carbonyl (C=O) groups excluding carboxylic acids is 3. The molecule has 1 aliphatic heterocycles. The van der Waals surface area contributed by atoms with Crippen molar-refractivity contribution in [2.24, 2.45) is 5.41 Å². The molecule has 5 nitrogen and oxygen atoms in total. The molecule has 1 saturated heterocycles. The number of hydrogen-bond acceptors (Lipinski definition) is 3. The molecule has 1 N–H and O–H groups in total. The predicted octanol–water partition coefficient (Wildman–Crippen LogP) is 1.84. The first kappa shape index (κ1) is 14.4. The van der Waals surface area contributed by atoms with Gasteiger partial charge in [0.1, 0.15) is 5.41 Å². The van der Waals surface area contributed by atoms with Crippen molar-refractivity contribution >= 4 is 17.8 Å². The molecule has 0 unspecified atom stereocenters. The van der Waals surface area contributed by atoms with Gasteiger partial charge in [-0.3, -0.25) is 19.8 Å². The summed E-state index contributed by atoms with van der Waals surface area (Å²) >= 11 is 0. The van der Waals surface area contributed by atoms with Crippen LogP contribution < -0.4 is 5.32 Å². The first-order valence-corrected chi connectivity index (χ1v) is 6.24. The van der Waals surface area contributed by atoms with Crippen LogP contribution in [0.4, 0.5) is 4.79 Å². The van der Waals surface area contributed by atoms with Crippen LogP contribution >= 0.6 is 0 Å². The van der Waals surface area contributed by atoms with Gasteiger partial charge in [-0.1, -0.05) is 26.3 Å². The number of carbonyl (C=O) groups is 3. The highest BCUT2D eigenvalue weighted by Crippen LogP contribution is 2.39. The van der Waals surface area contributed by atoms with Gasteiger partial charge in [-0.2, -0.15) is 0 Å². The molecule has 0 aromatic rings. The monoisotopic (exact) mass is 252 g/mol. The molecule has 0 spiro atoms. The van der Waals surface area contributed by atoms with E-state index in [9.17, 15) is 14.4 Å². The molecule has 1 aliphatic rings. The molecule has 1 rings (SSSR count). The average molecular weight is 252 g/mol. The normalized spacial score (nSPS) is 25.4. The van der Waals surface area contributed by atoms with Crippen LogP contribution in [0.5, 0.6) is 0 Å². The van der Waals surface area contributed by atoms with Crippen LogP contribution in [0.1, 0.15) is 40.0 Å².